The van der Waals surface area contributed by atoms with E-state index in [1.165, 1.54) is 12.8 Å². The van der Waals surface area contributed by atoms with Crippen molar-refractivity contribution in [1.29, 1.82) is 0 Å². The molecule has 0 bridgehead atoms. The summed E-state index contributed by atoms with van der Waals surface area (Å²) in [6.45, 7) is 1.31. The summed E-state index contributed by atoms with van der Waals surface area (Å²) in [5.74, 6) is 0.600. The number of carbonyl (C=O) groups is 1. The first-order valence-corrected chi connectivity index (χ1v) is 9.40. The SMILES string of the molecule is O=C(N1CC(n2cc(C3CC3)nn2)C1)N(c1ccccc1)c1ccccc1. The third kappa shape index (κ3) is 3.07. The average molecular weight is 359 g/mol. The number of carbonyl (C=O) groups excluding carboxylic acids is 1. The first-order valence-electron chi connectivity index (χ1n) is 9.40. The lowest BCUT2D eigenvalue weighted by molar-refractivity contribution is 0.124. The van der Waals surface area contributed by atoms with Gasteiger partial charge in [0.25, 0.3) is 0 Å². The Balaban J connectivity index is 1.33. The number of likely N-dealkylation sites (tertiary alicyclic amines) is 1. The molecule has 0 radical (unpaired) electrons. The highest BCUT2D eigenvalue weighted by atomic mass is 16.2. The van der Waals surface area contributed by atoms with Crippen molar-refractivity contribution in [3.05, 3.63) is 72.6 Å². The van der Waals surface area contributed by atoms with E-state index < -0.39 is 0 Å². The van der Waals surface area contributed by atoms with E-state index in [1.807, 2.05) is 70.2 Å². The number of aromatic nitrogens is 3. The van der Waals surface area contributed by atoms with Crippen molar-refractivity contribution < 1.29 is 4.79 Å². The van der Waals surface area contributed by atoms with Crippen molar-refractivity contribution >= 4 is 17.4 Å². The van der Waals surface area contributed by atoms with Gasteiger partial charge in [0.2, 0.25) is 0 Å². The molecule has 0 spiro atoms. The fourth-order valence-electron chi connectivity index (χ4n) is 3.48. The summed E-state index contributed by atoms with van der Waals surface area (Å²) in [7, 11) is 0. The van der Waals surface area contributed by atoms with Crippen LogP contribution in [0.2, 0.25) is 0 Å². The minimum absolute atomic E-state index is 0.00817. The maximum Gasteiger partial charge on any atom is 0.329 e. The highest BCUT2D eigenvalue weighted by Crippen LogP contribution is 2.39. The van der Waals surface area contributed by atoms with E-state index in [0.717, 1.165) is 17.1 Å². The number of hydrogen-bond donors (Lipinski definition) is 0. The molecule has 2 heterocycles. The van der Waals surface area contributed by atoms with Gasteiger partial charge in [-0.15, -0.1) is 5.10 Å². The molecule has 2 aliphatic rings. The van der Waals surface area contributed by atoms with E-state index in [1.54, 1.807) is 4.90 Å². The Kier molecular flexibility index (Phi) is 3.89. The summed E-state index contributed by atoms with van der Waals surface area (Å²) in [5.41, 5.74) is 2.83. The molecular weight excluding hydrogens is 338 g/mol. The minimum Gasteiger partial charge on any atom is -0.320 e. The van der Waals surface area contributed by atoms with Gasteiger partial charge in [-0.25, -0.2) is 9.48 Å². The summed E-state index contributed by atoms with van der Waals surface area (Å²) in [4.78, 5) is 16.9. The Hall–Kier alpha value is -3.15. The molecule has 6 heteroatoms. The van der Waals surface area contributed by atoms with Crippen LogP contribution in [0.25, 0.3) is 0 Å². The molecule has 1 aromatic heterocycles. The van der Waals surface area contributed by atoms with Crippen LogP contribution in [0.3, 0.4) is 0 Å². The van der Waals surface area contributed by atoms with Crippen molar-refractivity contribution in [2.45, 2.75) is 24.8 Å². The van der Waals surface area contributed by atoms with Gasteiger partial charge in [0.15, 0.2) is 0 Å². The zero-order chi connectivity index (χ0) is 18.2. The molecule has 5 rings (SSSR count). The Morgan fingerprint density at radius 1 is 0.926 bits per heavy atom. The van der Waals surface area contributed by atoms with Gasteiger partial charge in [0.05, 0.1) is 23.1 Å². The molecule has 0 atom stereocenters. The van der Waals surface area contributed by atoms with E-state index in [0.29, 0.717) is 19.0 Å². The Morgan fingerprint density at radius 2 is 1.52 bits per heavy atom. The lowest BCUT2D eigenvalue weighted by atomic mass is 10.1. The number of urea groups is 1. The van der Waals surface area contributed by atoms with Crippen LogP contribution in [0.15, 0.2) is 66.9 Å². The molecule has 3 aromatic rings. The molecule has 6 nitrogen and oxygen atoms in total. The number of anilines is 2. The zero-order valence-corrected chi connectivity index (χ0v) is 15.0. The van der Waals surface area contributed by atoms with E-state index in [4.69, 9.17) is 0 Å². The normalized spacial score (nSPS) is 16.8. The van der Waals surface area contributed by atoms with Gasteiger partial charge in [-0.05, 0) is 37.1 Å². The van der Waals surface area contributed by atoms with Crippen molar-refractivity contribution in [1.82, 2.24) is 19.9 Å². The third-order valence-electron chi connectivity index (χ3n) is 5.25. The quantitative estimate of drug-likeness (QED) is 0.708. The first kappa shape index (κ1) is 16.1. The van der Waals surface area contributed by atoms with Crippen molar-refractivity contribution in [2.24, 2.45) is 0 Å². The molecule has 136 valence electrons. The topological polar surface area (TPSA) is 54.3 Å². The summed E-state index contributed by atoms with van der Waals surface area (Å²) in [6, 6.07) is 19.8. The van der Waals surface area contributed by atoms with Crippen LogP contribution < -0.4 is 4.90 Å². The van der Waals surface area contributed by atoms with Crippen LogP contribution >= 0.6 is 0 Å². The summed E-state index contributed by atoms with van der Waals surface area (Å²) < 4.78 is 1.92. The largest absolute Gasteiger partial charge is 0.329 e. The van der Waals surface area contributed by atoms with Gasteiger partial charge in [-0.2, -0.15) is 0 Å². The zero-order valence-electron chi connectivity index (χ0n) is 15.0. The summed E-state index contributed by atoms with van der Waals surface area (Å²) in [6.07, 6.45) is 4.49. The van der Waals surface area contributed by atoms with Crippen LogP contribution in [-0.2, 0) is 0 Å². The van der Waals surface area contributed by atoms with Crippen molar-refractivity contribution in [2.75, 3.05) is 18.0 Å². The molecule has 0 N–H and O–H groups in total. The number of nitrogens with zero attached hydrogens (tertiary/aromatic N) is 5. The molecule has 1 aliphatic carbocycles. The number of hydrogen-bond acceptors (Lipinski definition) is 3. The van der Waals surface area contributed by atoms with E-state index >= 15 is 0 Å². The fraction of sp³-hybridized carbons (Fsp3) is 0.286. The van der Waals surface area contributed by atoms with Gasteiger partial charge >= 0.3 is 6.03 Å². The van der Waals surface area contributed by atoms with Gasteiger partial charge < -0.3 is 4.90 Å². The highest BCUT2D eigenvalue weighted by molar-refractivity contribution is 5.99. The third-order valence-corrected chi connectivity index (χ3v) is 5.25. The number of para-hydroxylation sites is 2. The standard InChI is InChI=1S/C21H21N5O/c27-21(24-13-19(14-24)25-15-20(22-23-25)16-11-12-16)26(17-7-3-1-4-8-17)18-9-5-2-6-10-18/h1-10,15-16,19H,11-14H2. The summed E-state index contributed by atoms with van der Waals surface area (Å²) in [5, 5.41) is 8.55. The molecule has 27 heavy (non-hydrogen) atoms. The molecule has 1 saturated heterocycles. The van der Waals surface area contributed by atoms with Crippen molar-refractivity contribution in [3.63, 3.8) is 0 Å². The lowest BCUT2D eigenvalue weighted by Gasteiger charge is -2.41. The van der Waals surface area contributed by atoms with Crippen molar-refractivity contribution in [3.8, 4) is 0 Å². The molecular formula is C21H21N5O. The maximum atomic E-state index is 13.2. The molecule has 2 fully saturated rings. The van der Waals surface area contributed by atoms with Gasteiger partial charge in [0, 0.05) is 25.2 Å². The number of rotatable bonds is 4. The minimum atomic E-state index is -0.00817. The Labute approximate surface area is 158 Å². The van der Waals surface area contributed by atoms with Gasteiger partial charge in [-0.1, -0.05) is 41.6 Å². The Bertz CT molecular complexity index is 890. The predicted octanol–water partition coefficient (Wildman–Crippen LogP) is 3.97. The van der Waals surface area contributed by atoms with Gasteiger partial charge in [0.1, 0.15) is 0 Å². The second kappa shape index (κ2) is 6.54. The maximum absolute atomic E-state index is 13.2. The second-order valence-electron chi connectivity index (χ2n) is 7.25. The number of benzene rings is 2. The molecule has 1 saturated carbocycles. The predicted molar refractivity (Wildman–Crippen MR) is 103 cm³/mol. The Morgan fingerprint density at radius 3 is 2.07 bits per heavy atom. The smallest absolute Gasteiger partial charge is 0.320 e. The molecule has 1 aliphatic heterocycles. The van der Waals surface area contributed by atoms with Crippen LogP contribution in [-0.4, -0.2) is 39.0 Å². The van der Waals surface area contributed by atoms with E-state index in [9.17, 15) is 4.79 Å². The molecule has 2 aromatic carbocycles. The monoisotopic (exact) mass is 359 g/mol. The van der Waals surface area contributed by atoms with Crippen LogP contribution in [0.4, 0.5) is 16.2 Å². The van der Waals surface area contributed by atoms with Crippen LogP contribution in [0, 0.1) is 0 Å². The molecule has 0 unspecified atom stereocenters. The fourth-order valence-corrected chi connectivity index (χ4v) is 3.48. The average Bonchev–Trinajstić information content (AvgIpc) is 3.41. The number of amides is 2. The molecule has 2 amide bonds. The van der Waals surface area contributed by atoms with Crippen LogP contribution in [0.1, 0.15) is 30.5 Å². The van der Waals surface area contributed by atoms with Crippen LogP contribution in [0.5, 0.6) is 0 Å². The lowest BCUT2D eigenvalue weighted by Crippen LogP contribution is -2.54. The van der Waals surface area contributed by atoms with Gasteiger partial charge in [-0.3, -0.25) is 4.90 Å². The first-order chi connectivity index (χ1) is 13.3. The summed E-state index contributed by atoms with van der Waals surface area (Å²) >= 11 is 0. The van der Waals surface area contributed by atoms with E-state index in [2.05, 4.69) is 16.5 Å². The van der Waals surface area contributed by atoms with E-state index in [-0.39, 0.29) is 12.1 Å². The highest BCUT2D eigenvalue weighted by Gasteiger charge is 2.37. The second-order valence-corrected chi connectivity index (χ2v) is 7.25.